The van der Waals surface area contributed by atoms with Crippen molar-refractivity contribution in [2.75, 3.05) is 6.61 Å². The molecule has 1 atom stereocenters. The molecule has 0 bridgehead atoms. The molecule has 0 saturated carbocycles. The van der Waals surface area contributed by atoms with Crippen LogP contribution in [0.1, 0.15) is 6.42 Å². The summed E-state index contributed by atoms with van der Waals surface area (Å²) in [6.45, 7) is 0.194. The third-order valence-electron chi connectivity index (χ3n) is 2.24. The number of thioether (sulfide) groups is 1. The second-order valence-electron chi connectivity index (χ2n) is 3.45. The number of hydrogen-bond acceptors (Lipinski definition) is 4. The summed E-state index contributed by atoms with van der Waals surface area (Å²) < 4.78 is 18.4. The minimum Gasteiger partial charge on any atom is -0.490 e. The number of para-hydroxylation sites is 1. The molecule has 2 rings (SSSR count). The minimum atomic E-state index is -0.438. The first-order chi connectivity index (χ1) is 8.16. The van der Waals surface area contributed by atoms with E-state index in [9.17, 15) is 14.0 Å². The Morgan fingerprint density at radius 2 is 2.12 bits per heavy atom. The predicted octanol–water partition coefficient (Wildman–Crippen LogP) is 1.95. The highest BCUT2D eigenvalue weighted by atomic mass is 32.2. The minimum absolute atomic E-state index is 0.155. The maximum Gasteiger partial charge on any atom is 0.286 e. The van der Waals surface area contributed by atoms with Gasteiger partial charge in [-0.2, -0.15) is 0 Å². The Balaban J connectivity index is 1.82. The molecule has 4 nitrogen and oxygen atoms in total. The van der Waals surface area contributed by atoms with Gasteiger partial charge in [-0.05, 0) is 12.1 Å². The number of rotatable bonds is 4. The van der Waals surface area contributed by atoms with Crippen LogP contribution in [0, 0.1) is 5.82 Å². The first-order valence-electron chi connectivity index (χ1n) is 5.05. The van der Waals surface area contributed by atoms with Crippen LogP contribution in [0.15, 0.2) is 24.3 Å². The topological polar surface area (TPSA) is 55.4 Å². The van der Waals surface area contributed by atoms with Gasteiger partial charge in [0.2, 0.25) is 5.91 Å². The van der Waals surface area contributed by atoms with E-state index >= 15 is 0 Å². The Morgan fingerprint density at radius 3 is 2.76 bits per heavy atom. The van der Waals surface area contributed by atoms with Crippen molar-refractivity contribution in [2.45, 2.75) is 11.7 Å². The van der Waals surface area contributed by atoms with Crippen LogP contribution in [0.3, 0.4) is 0 Å². The van der Waals surface area contributed by atoms with Crippen LogP contribution in [0.2, 0.25) is 0 Å². The summed E-state index contributed by atoms with van der Waals surface area (Å²) >= 11 is 0.940. The van der Waals surface area contributed by atoms with E-state index in [1.54, 1.807) is 12.1 Å². The lowest BCUT2D eigenvalue weighted by Crippen LogP contribution is -2.25. The molecule has 1 unspecified atom stereocenters. The van der Waals surface area contributed by atoms with Crippen LogP contribution in [0.4, 0.5) is 9.18 Å². The van der Waals surface area contributed by atoms with Gasteiger partial charge in [0, 0.05) is 6.42 Å². The summed E-state index contributed by atoms with van der Waals surface area (Å²) in [6, 6.07) is 6.05. The number of nitrogens with one attached hydrogen (secondary N) is 1. The van der Waals surface area contributed by atoms with Gasteiger partial charge >= 0.3 is 0 Å². The van der Waals surface area contributed by atoms with E-state index in [0.717, 1.165) is 11.8 Å². The molecule has 1 heterocycles. The molecule has 1 aliphatic heterocycles. The van der Waals surface area contributed by atoms with Crippen molar-refractivity contribution in [3.8, 4) is 5.75 Å². The summed E-state index contributed by atoms with van der Waals surface area (Å²) in [5.41, 5.74) is 0. The molecule has 1 aromatic carbocycles. The Bertz CT molecular complexity index is 452. The van der Waals surface area contributed by atoms with Gasteiger partial charge in [0.25, 0.3) is 5.24 Å². The number of halogens is 1. The Hall–Kier alpha value is -1.56. The highest BCUT2D eigenvalue weighted by molar-refractivity contribution is 8.15. The average Bonchev–Trinajstić information content (AvgIpc) is 2.60. The third kappa shape index (κ3) is 2.97. The zero-order valence-corrected chi connectivity index (χ0v) is 9.63. The van der Waals surface area contributed by atoms with Gasteiger partial charge in [-0.3, -0.25) is 14.9 Å². The molecular weight excluding hydrogens is 245 g/mol. The first-order valence-corrected chi connectivity index (χ1v) is 5.93. The first kappa shape index (κ1) is 11.9. The maximum atomic E-state index is 13.2. The monoisotopic (exact) mass is 255 g/mol. The SMILES string of the molecule is O=C1NC(=O)C(CCOc2ccccc2F)S1. The highest BCUT2D eigenvalue weighted by Gasteiger charge is 2.31. The number of imide groups is 1. The lowest BCUT2D eigenvalue weighted by molar-refractivity contribution is -0.119. The van der Waals surface area contributed by atoms with Crippen molar-refractivity contribution in [1.82, 2.24) is 5.32 Å². The number of ether oxygens (including phenoxy) is 1. The number of benzene rings is 1. The molecule has 1 aliphatic rings. The Labute approximate surface area is 102 Å². The molecule has 2 amide bonds. The van der Waals surface area contributed by atoms with E-state index in [4.69, 9.17) is 4.74 Å². The standard InChI is InChI=1S/C11H10FNO3S/c12-7-3-1-2-4-8(7)16-6-5-9-10(14)13-11(15)17-9/h1-4,9H,5-6H2,(H,13,14,15). The van der Waals surface area contributed by atoms with Crippen molar-refractivity contribution in [2.24, 2.45) is 0 Å². The number of carbonyl (C=O) groups excluding carboxylic acids is 2. The molecule has 1 fully saturated rings. The van der Waals surface area contributed by atoms with Gasteiger partial charge in [-0.15, -0.1) is 0 Å². The molecule has 1 N–H and O–H groups in total. The normalized spacial score (nSPS) is 19.2. The van der Waals surface area contributed by atoms with Gasteiger partial charge < -0.3 is 4.74 Å². The van der Waals surface area contributed by atoms with Crippen molar-refractivity contribution in [3.63, 3.8) is 0 Å². The second-order valence-corrected chi connectivity index (χ2v) is 4.63. The van der Waals surface area contributed by atoms with Crippen LogP contribution >= 0.6 is 11.8 Å². The highest BCUT2D eigenvalue weighted by Crippen LogP contribution is 2.22. The van der Waals surface area contributed by atoms with Crippen molar-refractivity contribution >= 4 is 22.9 Å². The molecule has 0 aliphatic carbocycles. The van der Waals surface area contributed by atoms with Crippen LogP contribution in [0.25, 0.3) is 0 Å². The molecule has 0 spiro atoms. The summed E-state index contributed by atoms with van der Waals surface area (Å²) in [7, 11) is 0. The molecule has 6 heteroatoms. The van der Waals surface area contributed by atoms with Gasteiger partial charge in [0.1, 0.15) is 0 Å². The molecule has 90 valence electrons. The van der Waals surface area contributed by atoms with Crippen LogP contribution in [-0.4, -0.2) is 23.0 Å². The number of amides is 2. The van der Waals surface area contributed by atoms with Gasteiger partial charge in [-0.1, -0.05) is 23.9 Å². The van der Waals surface area contributed by atoms with Crippen molar-refractivity contribution < 1.29 is 18.7 Å². The summed E-state index contributed by atoms with van der Waals surface area (Å²) in [6.07, 6.45) is 0.372. The molecular formula is C11H10FNO3S. The molecule has 0 aromatic heterocycles. The quantitative estimate of drug-likeness (QED) is 0.893. The van der Waals surface area contributed by atoms with E-state index in [0.29, 0.717) is 6.42 Å². The lowest BCUT2D eigenvalue weighted by Gasteiger charge is -2.08. The molecule has 17 heavy (non-hydrogen) atoms. The molecule has 1 saturated heterocycles. The number of hydrogen-bond donors (Lipinski definition) is 1. The third-order valence-corrected chi connectivity index (χ3v) is 3.29. The van der Waals surface area contributed by atoms with Crippen LogP contribution in [0.5, 0.6) is 5.75 Å². The van der Waals surface area contributed by atoms with Crippen LogP contribution < -0.4 is 10.1 Å². The fraction of sp³-hybridized carbons (Fsp3) is 0.273. The van der Waals surface area contributed by atoms with Crippen LogP contribution in [-0.2, 0) is 4.79 Å². The Morgan fingerprint density at radius 1 is 1.35 bits per heavy atom. The van der Waals surface area contributed by atoms with Gasteiger partial charge in [0.05, 0.1) is 11.9 Å². The smallest absolute Gasteiger partial charge is 0.286 e. The Kier molecular flexibility index (Phi) is 3.63. The zero-order valence-electron chi connectivity index (χ0n) is 8.81. The van der Waals surface area contributed by atoms with Gasteiger partial charge in [-0.25, -0.2) is 4.39 Å². The molecule has 0 radical (unpaired) electrons. The van der Waals surface area contributed by atoms with Crippen molar-refractivity contribution in [3.05, 3.63) is 30.1 Å². The van der Waals surface area contributed by atoms with E-state index < -0.39 is 11.1 Å². The fourth-order valence-corrected chi connectivity index (χ4v) is 2.22. The largest absolute Gasteiger partial charge is 0.490 e. The predicted molar refractivity (Wildman–Crippen MR) is 61.4 cm³/mol. The number of carbonyl (C=O) groups is 2. The van der Waals surface area contributed by atoms with E-state index in [2.05, 4.69) is 5.32 Å². The average molecular weight is 255 g/mol. The van der Waals surface area contributed by atoms with E-state index in [1.165, 1.54) is 12.1 Å². The van der Waals surface area contributed by atoms with E-state index in [-0.39, 0.29) is 23.5 Å². The fourth-order valence-electron chi connectivity index (χ4n) is 1.42. The lowest BCUT2D eigenvalue weighted by atomic mass is 10.3. The van der Waals surface area contributed by atoms with E-state index in [1.807, 2.05) is 0 Å². The summed E-state index contributed by atoms with van der Waals surface area (Å²) in [4.78, 5) is 22.1. The summed E-state index contributed by atoms with van der Waals surface area (Å²) in [5.74, 6) is -0.591. The maximum absolute atomic E-state index is 13.2. The molecule has 1 aromatic rings. The van der Waals surface area contributed by atoms with Gasteiger partial charge in [0.15, 0.2) is 11.6 Å². The second kappa shape index (κ2) is 5.18. The van der Waals surface area contributed by atoms with Crippen molar-refractivity contribution in [1.29, 1.82) is 0 Å². The summed E-state index contributed by atoms with van der Waals surface area (Å²) in [5, 5.41) is 1.40. The zero-order chi connectivity index (χ0) is 12.3.